The highest BCUT2D eigenvalue weighted by molar-refractivity contribution is 5.74. The second-order valence-electron chi connectivity index (χ2n) is 8.69. The Labute approximate surface area is 200 Å². The van der Waals surface area contributed by atoms with Crippen LogP contribution in [0.5, 0.6) is 11.5 Å². The van der Waals surface area contributed by atoms with Gasteiger partial charge in [0.15, 0.2) is 11.5 Å². The molecule has 0 aliphatic carbocycles. The highest BCUT2D eigenvalue weighted by Gasteiger charge is 2.21. The molecular weight excluding hydrogens is 430 g/mol. The van der Waals surface area contributed by atoms with Crippen LogP contribution < -0.4 is 20.3 Å². The molecule has 1 unspecified atom stereocenters. The third-order valence-electron chi connectivity index (χ3n) is 6.15. The lowest BCUT2D eigenvalue weighted by Crippen LogP contribution is -2.42. The van der Waals surface area contributed by atoms with Crippen molar-refractivity contribution in [2.45, 2.75) is 46.8 Å². The average Bonchev–Trinajstić information content (AvgIpc) is 2.87. The Morgan fingerprint density at radius 1 is 1.09 bits per heavy atom. The van der Waals surface area contributed by atoms with Crippen molar-refractivity contribution < 1.29 is 9.47 Å². The minimum Gasteiger partial charge on any atom is -0.486 e. The molecule has 0 saturated carbocycles. The van der Waals surface area contributed by atoms with E-state index >= 15 is 0 Å². The van der Waals surface area contributed by atoms with Crippen LogP contribution >= 0.6 is 0 Å². The van der Waals surface area contributed by atoms with Crippen LogP contribution in [0, 0.1) is 12.8 Å². The van der Waals surface area contributed by atoms with Crippen molar-refractivity contribution in [2.75, 3.05) is 32.8 Å². The molecule has 0 aromatic carbocycles. The van der Waals surface area contributed by atoms with Crippen molar-refractivity contribution in [3.8, 4) is 11.5 Å². The molecule has 1 N–H and O–H groups in total. The van der Waals surface area contributed by atoms with Crippen molar-refractivity contribution in [3.63, 3.8) is 0 Å². The average molecular weight is 466 g/mol. The van der Waals surface area contributed by atoms with Gasteiger partial charge in [0.05, 0.1) is 29.6 Å². The minimum atomic E-state index is 0.0230. The molecular formula is C26H35N5O3. The fourth-order valence-corrected chi connectivity index (χ4v) is 4.55. The third-order valence-corrected chi connectivity index (χ3v) is 6.15. The van der Waals surface area contributed by atoms with E-state index in [0.29, 0.717) is 32.3 Å². The summed E-state index contributed by atoms with van der Waals surface area (Å²) >= 11 is 0. The molecule has 5 rings (SSSR count). The number of nitrogens with zero attached hydrogens (tertiary/aromatic N) is 4. The third kappa shape index (κ3) is 5.74. The summed E-state index contributed by atoms with van der Waals surface area (Å²) in [6.45, 7) is 11.3. The molecule has 0 amide bonds. The molecule has 1 fully saturated rings. The van der Waals surface area contributed by atoms with Crippen LogP contribution in [-0.2, 0) is 13.2 Å². The number of rotatable bonds is 6. The number of nitrogens with one attached hydrogen (secondary N) is 1. The Kier molecular flexibility index (Phi) is 8.13. The van der Waals surface area contributed by atoms with Crippen LogP contribution in [0.1, 0.15) is 37.9 Å². The van der Waals surface area contributed by atoms with Gasteiger partial charge in [0, 0.05) is 31.4 Å². The van der Waals surface area contributed by atoms with E-state index in [1.165, 1.54) is 6.42 Å². The maximum absolute atomic E-state index is 12.6. The summed E-state index contributed by atoms with van der Waals surface area (Å²) in [6, 6.07) is 7.43. The van der Waals surface area contributed by atoms with Crippen molar-refractivity contribution in [1.29, 1.82) is 0 Å². The normalized spacial score (nSPS) is 17.8. The van der Waals surface area contributed by atoms with Gasteiger partial charge in [-0.2, -0.15) is 0 Å². The first-order valence-electron chi connectivity index (χ1n) is 12.3. The SMILES string of the molecule is CC.Cc1cnc2ccc(=O)n(CN3CCCC(CNCc4cc5c(cn4)OCCO5)C3)c2c1. The Bertz CT molecular complexity index is 1160. The quantitative estimate of drug-likeness (QED) is 0.598. The van der Waals surface area contributed by atoms with Crippen LogP contribution in [-0.4, -0.2) is 52.3 Å². The highest BCUT2D eigenvalue weighted by Crippen LogP contribution is 2.29. The maximum atomic E-state index is 12.6. The second kappa shape index (κ2) is 11.4. The van der Waals surface area contributed by atoms with Gasteiger partial charge in [0.2, 0.25) is 0 Å². The van der Waals surface area contributed by atoms with Gasteiger partial charge in [-0.15, -0.1) is 0 Å². The van der Waals surface area contributed by atoms with E-state index in [4.69, 9.17) is 9.47 Å². The molecule has 1 atom stereocenters. The standard InChI is InChI=1S/C24H29N5O3.C2H6/c1-17-9-21-20(27-11-17)4-5-24(30)29(21)16-28-6-2-3-18(15-28)12-25-13-19-10-22-23(14-26-19)32-8-7-31-22;1-2/h4-5,9-11,14,18,25H,2-3,6-8,12-13,15-16H2,1H3;1-2H3. The van der Waals surface area contributed by atoms with Gasteiger partial charge >= 0.3 is 0 Å². The number of fused-ring (bicyclic) bond motifs is 2. The van der Waals surface area contributed by atoms with E-state index in [2.05, 4.69) is 20.2 Å². The van der Waals surface area contributed by atoms with Crippen LogP contribution in [0.2, 0.25) is 0 Å². The van der Waals surface area contributed by atoms with Crippen molar-refractivity contribution in [3.05, 3.63) is 58.3 Å². The highest BCUT2D eigenvalue weighted by atomic mass is 16.6. The molecule has 2 aliphatic rings. The van der Waals surface area contributed by atoms with Gasteiger partial charge in [0.1, 0.15) is 13.2 Å². The number of likely N-dealkylation sites (tertiary alicyclic amines) is 1. The van der Waals surface area contributed by atoms with Crippen molar-refractivity contribution in [1.82, 2.24) is 24.8 Å². The Balaban J connectivity index is 0.00000133. The summed E-state index contributed by atoms with van der Waals surface area (Å²) in [5.41, 5.74) is 3.80. The van der Waals surface area contributed by atoms with Crippen molar-refractivity contribution >= 4 is 11.0 Å². The summed E-state index contributed by atoms with van der Waals surface area (Å²) in [6.07, 6.45) is 5.90. The smallest absolute Gasteiger partial charge is 0.252 e. The minimum absolute atomic E-state index is 0.0230. The van der Waals surface area contributed by atoms with Gasteiger partial charge in [-0.05, 0) is 56.5 Å². The Morgan fingerprint density at radius 2 is 1.91 bits per heavy atom. The molecule has 182 valence electrons. The summed E-state index contributed by atoms with van der Waals surface area (Å²) in [5, 5.41) is 3.55. The lowest BCUT2D eigenvalue weighted by atomic mass is 9.98. The summed E-state index contributed by atoms with van der Waals surface area (Å²) in [4.78, 5) is 23.9. The number of aromatic nitrogens is 3. The molecule has 5 heterocycles. The zero-order valence-corrected chi connectivity index (χ0v) is 20.4. The number of ether oxygens (including phenoxy) is 2. The van der Waals surface area contributed by atoms with Gasteiger partial charge in [-0.25, -0.2) is 0 Å². The topological polar surface area (TPSA) is 81.5 Å². The number of hydrogen-bond donors (Lipinski definition) is 1. The molecule has 34 heavy (non-hydrogen) atoms. The zero-order chi connectivity index (χ0) is 23.9. The van der Waals surface area contributed by atoms with Crippen molar-refractivity contribution in [2.24, 2.45) is 5.92 Å². The lowest BCUT2D eigenvalue weighted by Gasteiger charge is -2.33. The van der Waals surface area contributed by atoms with Crippen LogP contribution in [0.3, 0.4) is 0 Å². The molecule has 8 heteroatoms. The number of aryl methyl sites for hydroxylation is 1. The molecule has 0 spiro atoms. The number of hydrogen-bond acceptors (Lipinski definition) is 7. The molecule has 0 radical (unpaired) electrons. The first-order chi connectivity index (χ1) is 16.7. The van der Waals surface area contributed by atoms with Crippen LogP contribution in [0.4, 0.5) is 0 Å². The largest absolute Gasteiger partial charge is 0.486 e. The first kappa shape index (κ1) is 24.2. The van der Waals surface area contributed by atoms with E-state index in [-0.39, 0.29) is 5.56 Å². The molecule has 3 aromatic rings. The van der Waals surface area contributed by atoms with Gasteiger partial charge < -0.3 is 14.8 Å². The van der Waals surface area contributed by atoms with Gasteiger partial charge in [-0.3, -0.25) is 24.2 Å². The van der Waals surface area contributed by atoms with E-state index in [0.717, 1.165) is 59.8 Å². The number of pyridine rings is 3. The molecule has 0 bridgehead atoms. The van der Waals surface area contributed by atoms with Crippen LogP contribution in [0.15, 0.2) is 41.5 Å². The van der Waals surface area contributed by atoms with E-state index in [1.54, 1.807) is 12.3 Å². The Hall–Kier alpha value is -2.97. The van der Waals surface area contributed by atoms with E-state index in [9.17, 15) is 4.79 Å². The molecule has 2 aliphatic heterocycles. The predicted octanol–water partition coefficient (Wildman–Crippen LogP) is 3.36. The number of piperidine rings is 1. The second-order valence-corrected chi connectivity index (χ2v) is 8.69. The fraction of sp³-hybridized carbons (Fsp3) is 0.500. The molecule has 1 saturated heterocycles. The molecule has 3 aromatic heterocycles. The summed E-state index contributed by atoms with van der Waals surface area (Å²) in [7, 11) is 0. The summed E-state index contributed by atoms with van der Waals surface area (Å²) < 4.78 is 13.0. The Morgan fingerprint density at radius 3 is 2.76 bits per heavy atom. The van der Waals surface area contributed by atoms with Crippen LogP contribution in [0.25, 0.3) is 11.0 Å². The van der Waals surface area contributed by atoms with E-state index in [1.807, 2.05) is 49.7 Å². The fourth-order valence-electron chi connectivity index (χ4n) is 4.55. The first-order valence-corrected chi connectivity index (χ1v) is 12.3. The summed E-state index contributed by atoms with van der Waals surface area (Å²) in [5.74, 6) is 2.03. The van der Waals surface area contributed by atoms with E-state index < -0.39 is 0 Å². The molecule has 8 nitrogen and oxygen atoms in total. The van der Waals surface area contributed by atoms with Gasteiger partial charge in [0.25, 0.3) is 5.56 Å². The lowest BCUT2D eigenvalue weighted by molar-refractivity contribution is 0.137. The monoisotopic (exact) mass is 465 g/mol. The zero-order valence-electron chi connectivity index (χ0n) is 20.4. The maximum Gasteiger partial charge on any atom is 0.252 e. The van der Waals surface area contributed by atoms with Gasteiger partial charge in [-0.1, -0.05) is 13.8 Å². The predicted molar refractivity (Wildman–Crippen MR) is 133 cm³/mol.